The van der Waals surface area contributed by atoms with Crippen LogP contribution in [0.25, 0.3) is 0 Å². The highest BCUT2D eigenvalue weighted by Crippen LogP contribution is 2.29. The highest BCUT2D eigenvalue weighted by Gasteiger charge is 2.29. The van der Waals surface area contributed by atoms with Gasteiger partial charge in [-0.2, -0.15) is 0 Å². The number of benzene rings is 2. The number of anilines is 4. The van der Waals surface area contributed by atoms with E-state index in [-0.39, 0.29) is 11.7 Å². The summed E-state index contributed by atoms with van der Waals surface area (Å²) in [4.78, 5) is 18.3. The molecule has 6 heteroatoms. The number of halogens is 1. The number of rotatable bonds is 3. The van der Waals surface area contributed by atoms with Crippen LogP contribution >= 0.6 is 0 Å². The van der Waals surface area contributed by atoms with Gasteiger partial charge in [-0.3, -0.25) is 4.79 Å². The van der Waals surface area contributed by atoms with Crippen molar-refractivity contribution in [2.24, 2.45) is 0 Å². The molecule has 0 unspecified atom stereocenters. The number of nitrogens with one attached hydrogen (secondary N) is 1. The Bertz CT molecular complexity index is 939. The van der Waals surface area contributed by atoms with Crippen LogP contribution < -0.4 is 16.0 Å². The molecule has 3 aromatic rings. The van der Waals surface area contributed by atoms with Gasteiger partial charge < -0.3 is 16.0 Å². The first kappa shape index (κ1) is 15.1. The van der Waals surface area contributed by atoms with Gasteiger partial charge in [0.15, 0.2) is 0 Å². The number of hydrogen-bond donors (Lipinski definition) is 2. The molecular weight excluding hydrogens is 319 g/mol. The Hall–Kier alpha value is -3.41. The van der Waals surface area contributed by atoms with Crippen LogP contribution in [0.2, 0.25) is 0 Å². The lowest BCUT2D eigenvalue weighted by Gasteiger charge is -2.16. The third-order valence-corrected chi connectivity index (χ3v) is 4.08. The molecule has 1 amide bonds. The van der Waals surface area contributed by atoms with Gasteiger partial charge in [-0.1, -0.05) is 0 Å². The lowest BCUT2D eigenvalue weighted by Crippen LogP contribution is -2.23. The van der Waals surface area contributed by atoms with Gasteiger partial charge in [-0.05, 0) is 54.6 Å². The van der Waals surface area contributed by atoms with Crippen molar-refractivity contribution in [2.45, 2.75) is 6.54 Å². The van der Waals surface area contributed by atoms with Gasteiger partial charge in [0.25, 0.3) is 5.91 Å². The summed E-state index contributed by atoms with van der Waals surface area (Å²) in [6.45, 7) is 0.455. The van der Waals surface area contributed by atoms with Gasteiger partial charge in [0.05, 0.1) is 18.4 Å². The van der Waals surface area contributed by atoms with E-state index >= 15 is 0 Å². The smallest absolute Gasteiger partial charge is 0.277 e. The zero-order valence-corrected chi connectivity index (χ0v) is 13.2. The van der Waals surface area contributed by atoms with E-state index in [4.69, 9.17) is 5.73 Å². The number of nitrogens with two attached hydrogens (primary N) is 1. The summed E-state index contributed by atoms with van der Waals surface area (Å²) in [7, 11) is 0. The first-order valence-corrected chi connectivity index (χ1v) is 7.79. The van der Waals surface area contributed by atoms with E-state index < -0.39 is 0 Å². The summed E-state index contributed by atoms with van der Waals surface area (Å²) in [5, 5.41) is 3.19. The quantitative estimate of drug-likeness (QED) is 0.766. The topological polar surface area (TPSA) is 71.2 Å². The van der Waals surface area contributed by atoms with Crippen LogP contribution in [0.15, 0.2) is 60.8 Å². The molecule has 1 aliphatic heterocycles. The molecule has 2 aromatic carbocycles. The fourth-order valence-electron chi connectivity index (χ4n) is 2.85. The summed E-state index contributed by atoms with van der Waals surface area (Å²) in [6, 6.07) is 15.4. The molecular formula is C19H15FN4O. The van der Waals surface area contributed by atoms with Gasteiger partial charge in [-0.25, -0.2) is 9.37 Å². The van der Waals surface area contributed by atoms with Crippen LogP contribution in [0.4, 0.5) is 27.1 Å². The number of nitrogen functional groups attached to an aromatic ring is 1. The Balaban J connectivity index is 1.53. The zero-order chi connectivity index (χ0) is 17.4. The third-order valence-electron chi connectivity index (χ3n) is 4.08. The second kappa shape index (κ2) is 5.90. The molecule has 1 aliphatic rings. The maximum atomic E-state index is 12.9. The number of hydrogen-bond acceptors (Lipinski definition) is 4. The molecule has 4 rings (SSSR count). The first-order valence-electron chi connectivity index (χ1n) is 7.79. The van der Waals surface area contributed by atoms with Gasteiger partial charge in [0, 0.05) is 22.6 Å². The Labute approximate surface area is 143 Å². The largest absolute Gasteiger partial charge is 0.397 e. The van der Waals surface area contributed by atoms with Crippen molar-refractivity contribution < 1.29 is 9.18 Å². The highest BCUT2D eigenvalue weighted by atomic mass is 19.1. The van der Waals surface area contributed by atoms with Crippen molar-refractivity contribution in [3.8, 4) is 0 Å². The lowest BCUT2D eigenvalue weighted by molar-refractivity contribution is 0.0992. The van der Waals surface area contributed by atoms with Crippen LogP contribution in [-0.4, -0.2) is 10.9 Å². The Morgan fingerprint density at radius 2 is 1.68 bits per heavy atom. The number of aromatic nitrogens is 1. The molecule has 0 atom stereocenters. The van der Waals surface area contributed by atoms with E-state index in [1.54, 1.807) is 23.1 Å². The molecule has 0 bridgehead atoms. The number of nitrogens with zero attached hydrogens (tertiary/aromatic N) is 2. The monoisotopic (exact) mass is 334 g/mol. The highest BCUT2D eigenvalue weighted by molar-refractivity contribution is 6.08. The van der Waals surface area contributed by atoms with Crippen LogP contribution in [0, 0.1) is 5.82 Å². The number of amides is 1. The molecule has 0 aliphatic carbocycles. The van der Waals surface area contributed by atoms with Crippen LogP contribution in [0.1, 0.15) is 16.1 Å². The molecule has 0 fully saturated rings. The minimum Gasteiger partial charge on any atom is -0.397 e. The van der Waals surface area contributed by atoms with E-state index in [2.05, 4.69) is 10.3 Å². The molecule has 5 nitrogen and oxygen atoms in total. The fourth-order valence-corrected chi connectivity index (χ4v) is 2.85. The predicted molar refractivity (Wildman–Crippen MR) is 95.3 cm³/mol. The van der Waals surface area contributed by atoms with E-state index in [0.717, 1.165) is 22.6 Å². The maximum absolute atomic E-state index is 12.9. The molecule has 25 heavy (non-hydrogen) atoms. The lowest BCUT2D eigenvalue weighted by atomic mass is 10.2. The molecule has 2 heterocycles. The Kier molecular flexibility index (Phi) is 3.57. The summed E-state index contributed by atoms with van der Waals surface area (Å²) in [6.07, 6.45) is 1.50. The van der Waals surface area contributed by atoms with Crippen molar-refractivity contribution in [3.05, 3.63) is 77.9 Å². The molecule has 0 spiro atoms. The van der Waals surface area contributed by atoms with E-state index in [1.807, 2.05) is 24.3 Å². The van der Waals surface area contributed by atoms with Crippen molar-refractivity contribution in [1.82, 2.24) is 4.98 Å². The fraction of sp³-hybridized carbons (Fsp3) is 0.0526. The van der Waals surface area contributed by atoms with Crippen molar-refractivity contribution in [3.63, 3.8) is 0 Å². The second-order valence-corrected chi connectivity index (χ2v) is 5.85. The van der Waals surface area contributed by atoms with Crippen molar-refractivity contribution in [2.75, 3.05) is 16.0 Å². The molecule has 124 valence electrons. The first-order chi connectivity index (χ1) is 12.1. The molecule has 1 aromatic heterocycles. The average Bonchev–Trinajstić information content (AvgIpc) is 2.94. The van der Waals surface area contributed by atoms with Gasteiger partial charge in [0.2, 0.25) is 0 Å². The van der Waals surface area contributed by atoms with Crippen molar-refractivity contribution >= 4 is 28.7 Å². The molecule has 0 radical (unpaired) electrons. The summed E-state index contributed by atoms with van der Waals surface area (Å²) in [5.41, 5.74) is 9.99. The number of carbonyl (C=O) groups excluding carboxylic acids is 1. The normalized spacial score (nSPS) is 13.0. The average molecular weight is 334 g/mol. The summed E-state index contributed by atoms with van der Waals surface area (Å²) >= 11 is 0. The number of pyridine rings is 1. The van der Waals surface area contributed by atoms with Crippen molar-refractivity contribution in [1.29, 1.82) is 0 Å². The van der Waals surface area contributed by atoms with Gasteiger partial charge in [-0.15, -0.1) is 0 Å². The molecule has 3 N–H and O–H groups in total. The zero-order valence-electron chi connectivity index (χ0n) is 13.2. The van der Waals surface area contributed by atoms with Crippen LogP contribution in [-0.2, 0) is 6.54 Å². The standard InChI is InChI=1S/C19H15FN4O/c20-13-1-3-15(4-2-13)23-16-5-7-17(8-6-16)24-11-12-9-14(21)10-22-18(12)19(24)25/h1-10,23H,11,21H2. The number of carbonyl (C=O) groups is 1. The Morgan fingerprint density at radius 1 is 1.04 bits per heavy atom. The maximum Gasteiger partial charge on any atom is 0.277 e. The predicted octanol–water partition coefficient (Wildman–Crippen LogP) is 3.71. The SMILES string of the molecule is Nc1cnc2c(c1)CN(c1ccc(Nc3ccc(F)cc3)cc1)C2=O. The second-order valence-electron chi connectivity index (χ2n) is 5.85. The molecule has 0 saturated carbocycles. The van der Waals surface area contributed by atoms with E-state index in [9.17, 15) is 9.18 Å². The van der Waals surface area contributed by atoms with Crippen LogP contribution in [0.5, 0.6) is 0 Å². The minimum absolute atomic E-state index is 0.130. The molecule has 0 saturated heterocycles. The van der Waals surface area contributed by atoms with E-state index in [1.165, 1.54) is 18.3 Å². The van der Waals surface area contributed by atoms with Gasteiger partial charge >= 0.3 is 0 Å². The minimum atomic E-state index is -0.276. The number of fused-ring (bicyclic) bond motifs is 1. The van der Waals surface area contributed by atoms with Crippen LogP contribution in [0.3, 0.4) is 0 Å². The summed E-state index contributed by atoms with van der Waals surface area (Å²) in [5.74, 6) is -0.406. The van der Waals surface area contributed by atoms with Gasteiger partial charge in [0.1, 0.15) is 11.5 Å². The van der Waals surface area contributed by atoms with E-state index in [0.29, 0.717) is 17.9 Å². The summed E-state index contributed by atoms with van der Waals surface area (Å²) < 4.78 is 12.9. The Morgan fingerprint density at radius 3 is 2.36 bits per heavy atom. The third kappa shape index (κ3) is 2.89.